The second-order valence-electron chi connectivity index (χ2n) is 4.41. The molecular formula is C13H18BrNO2. The molecule has 94 valence electrons. The normalized spacial score (nSPS) is 23.7. The number of benzene rings is 1. The standard InChI is InChI=1S/C13H18BrNO2/c1-9-3-4-12(17-9)8-15-11-5-10(14)6-13(7-11)16-2/h5-7,9,12,15H,3-4,8H2,1-2H3. The van der Waals surface area contributed by atoms with Crippen LogP contribution in [0, 0.1) is 0 Å². The summed E-state index contributed by atoms with van der Waals surface area (Å²) in [6.07, 6.45) is 3.03. The fourth-order valence-corrected chi connectivity index (χ4v) is 2.52. The molecule has 2 atom stereocenters. The highest BCUT2D eigenvalue weighted by Crippen LogP contribution is 2.25. The Morgan fingerprint density at radius 1 is 1.41 bits per heavy atom. The Labute approximate surface area is 111 Å². The minimum absolute atomic E-state index is 0.329. The molecule has 1 aliphatic rings. The molecule has 3 nitrogen and oxygen atoms in total. The monoisotopic (exact) mass is 299 g/mol. The van der Waals surface area contributed by atoms with Crippen molar-refractivity contribution in [1.82, 2.24) is 0 Å². The molecule has 0 amide bonds. The van der Waals surface area contributed by atoms with Gasteiger partial charge in [-0.2, -0.15) is 0 Å². The van der Waals surface area contributed by atoms with E-state index in [0.29, 0.717) is 12.2 Å². The van der Waals surface area contributed by atoms with E-state index < -0.39 is 0 Å². The van der Waals surface area contributed by atoms with Crippen molar-refractivity contribution in [3.8, 4) is 5.75 Å². The molecule has 1 aromatic carbocycles. The van der Waals surface area contributed by atoms with Gasteiger partial charge in [0.1, 0.15) is 5.75 Å². The molecular weight excluding hydrogens is 282 g/mol. The Balaban J connectivity index is 1.92. The van der Waals surface area contributed by atoms with Crippen molar-refractivity contribution in [2.24, 2.45) is 0 Å². The van der Waals surface area contributed by atoms with Gasteiger partial charge in [-0.15, -0.1) is 0 Å². The topological polar surface area (TPSA) is 30.5 Å². The second kappa shape index (κ2) is 5.74. The summed E-state index contributed by atoms with van der Waals surface area (Å²) >= 11 is 3.47. The van der Waals surface area contributed by atoms with Crippen molar-refractivity contribution in [1.29, 1.82) is 0 Å². The molecule has 17 heavy (non-hydrogen) atoms. The van der Waals surface area contributed by atoms with Crippen molar-refractivity contribution in [3.05, 3.63) is 22.7 Å². The van der Waals surface area contributed by atoms with E-state index in [-0.39, 0.29) is 0 Å². The van der Waals surface area contributed by atoms with Crippen LogP contribution in [0.25, 0.3) is 0 Å². The van der Waals surface area contributed by atoms with Crippen LogP contribution in [0.2, 0.25) is 0 Å². The van der Waals surface area contributed by atoms with Gasteiger partial charge < -0.3 is 14.8 Å². The van der Waals surface area contributed by atoms with Gasteiger partial charge in [0.05, 0.1) is 19.3 Å². The van der Waals surface area contributed by atoms with E-state index >= 15 is 0 Å². The highest BCUT2D eigenvalue weighted by atomic mass is 79.9. The molecule has 0 radical (unpaired) electrons. The van der Waals surface area contributed by atoms with Crippen LogP contribution in [0.4, 0.5) is 5.69 Å². The Morgan fingerprint density at radius 2 is 2.24 bits per heavy atom. The highest BCUT2D eigenvalue weighted by Gasteiger charge is 2.21. The summed E-state index contributed by atoms with van der Waals surface area (Å²) < 4.78 is 12.0. The van der Waals surface area contributed by atoms with Crippen LogP contribution in [0.3, 0.4) is 0 Å². The Bertz CT molecular complexity index is 384. The number of rotatable bonds is 4. The number of halogens is 1. The van der Waals surface area contributed by atoms with Crippen LogP contribution < -0.4 is 10.1 Å². The molecule has 1 N–H and O–H groups in total. The molecule has 1 fully saturated rings. The predicted molar refractivity (Wildman–Crippen MR) is 72.8 cm³/mol. The summed E-state index contributed by atoms with van der Waals surface area (Å²) in [7, 11) is 1.67. The Hall–Kier alpha value is -0.740. The van der Waals surface area contributed by atoms with Gasteiger partial charge in [0.2, 0.25) is 0 Å². The van der Waals surface area contributed by atoms with Crippen molar-refractivity contribution < 1.29 is 9.47 Å². The zero-order chi connectivity index (χ0) is 12.3. The lowest BCUT2D eigenvalue weighted by atomic mass is 10.2. The van der Waals surface area contributed by atoms with E-state index in [2.05, 4.69) is 28.2 Å². The summed E-state index contributed by atoms with van der Waals surface area (Å²) in [5.41, 5.74) is 1.05. The summed E-state index contributed by atoms with van der Waals surface area (Å²) in [4.78, 5) is 0. The maximum absolute atomic E-state index is 5.76. The van der Waals surface area contributed by atoms with Gasteiger partial charge in [0.15, 0.2) is 0 Å². The first kappa shape index (κ1) is 12.7. The predicted octanol–water partition coefficient (Wildman–Crippen LogP) is 3.44. The number of hydrogen-bond acceptors (Lipinski definition) is 3. The number of hydrogen-bond donors (Lipinski definition) is 1. The largest absolute Gasteiger partial charge is 0.497 e. The highest BCUT2D eigenvalue weighted by molar-refractivity contribution is 9.10. The SMILES string of the molecule is COc1cc(Br)cc(NCC2CCC(C)O2)c1. The van der Waals surface area contributed by atoms with Gasteiger partial charge >= 0.3 is 0 Å². The first-order valence-corrected chi connectivity index (χ1v) is 6.70. The Morgan fingerprint density at radius 3 is 2.88 bits per heavy atom. The molecule has 1 aliphatic heterocycles. The molecule has 2 unspecified atom stereocenters. The maximum Gasteiger partial charge on any atom is 0.122 e. The van der Waals surface area contributed by atoms with Crippen LogP contribution >= 0.6 is 15.9 Å². The van der Waals surface area contributed by atoms with Gasteiger partial charge in [-0.25, -0.2) is 0 Å². The molecule has 1 saturated heterocycles. The minimum atomic E-state index is 0.329. The number of nitrogens with one attached hydrogen (secondary N) is 1. The van der Waals surface area contributed by atoms with Crippen LogP contribution in [0.15, 0.2) is 22.7 Å². The fraction of sp³-hybridized carbons (Fsp3) is 0.538. The summed E-state index contributed by atoms with van der Waals surface area (Å²) in [6, 6.07) is 5.98. The molecule has 0 spiro atoms. The third-order valence-corrected chi connectivity index (χ3v) is 3.42. The third kappa shape index (κ3) is 3.61. The van der Waals surface area contributed by atoms with E-state index in [1.165, 1.54) is 0 Å². The number of methoxy groups -OCH3 is 1. The van der Waals surface area contributed by atoms with Crippen molar-refractivity contribution in [2.45, 2.75) is 32.0 Å². The van der Waals surface area contributed by atoms with E-state index in [9.17, 15) is 0 Å². The van der Waals surface area contributed by atoms with E-state index in [1.54, 1.807) is 7.11 Å². The first-order valence-electron chi connectivity index (χ1n) is 5.91. The van der Waals surface area contributed by atoms with E-state index in [1.807, 2.05) is 18.2 Å². The van der Waals surface area contributed by atoms with Gasteiger partial charge in [-0.3, -0.25) is 0 Å². The molecule has 4 heteroatoms. The Kier molecular flexibility index (Phi) is 4.29. The summed E-state index contributed by atoms with van der Waals surface area (Å²) in [6.45, 7) is 2.98. The van der Waals surface area contributed by atoms with Crippen LogP contribution in [-0.2, 0) is 4.74 Å². The van der Waals surface area contributed by atoms with Crippen molar-refractivity contribution in [2.75, 3.05) is 19.0 Å². The fourth-order valence-electron chi connectivity index (χ4n) is 2.05. The summed E-state index contributed by atoms with van der Waals surface area (Å²) in [5.74, 6) is 0.850. The summed E-state index contributed by atoms with van der Waals surface area (Å²) in [5, 5.41) is 3.39. The smallest absolute Gasteiger partial charge is 0.122 e. The van der Waals surface area contributed by atoms with Crippen molar-refractivity contribution in [3.63, 3.8) is 0 Å². The third-order valence-electron chi connectivity index (χ3n) is 2.96. The average molecular weight is 300 g/mol. The van der Waals surface area contributed by atoms with E-state index in [4.69, 9.17) is 9.47 Å². The van der Waals surface area contributed by atoms with Crippen LogP contribution in [0.5, 0.6) is 5.75 Å². The quantitative estimate of drug-likeness (QED) is 0.924. The zero-order valence-corrected chi connectivity index (χ0v) is 11.8. The number of anilines is 1. The molecule has 1 aromatic rings. The molecule has 0 saturated carbocycles. The van der Waals surface area contributed by atoms with Crippen LogP contribution in [-0.4, -0.2) is 25.9 Å². The molecule has 1 heterocycles. The van der Waals surface area contributed by atoms with E-state index in [0.717, 1.165) is 35.3 Å². The van der Waals surface area contributed by atoms with Gasteiger partial charge in [0.25, 0.3) is 0 Å². The lowest BCUT2D eigenvalue weighted by molar-refractivity contribution is 0.0637. The van der Waals surface area contributed by atoms with Crippen LogP contribution in [0.1, 0.15) is 19.8 Å². The van der Waals surface area contributed by atoms with Gasteiger partial charge in [0, 0.05) is 22.8 Å². The lowest BCUT2D eigenvalue weighted by Gasteiger charge is -2.14. The maximum atomic E-state index is 5.76. The molecule has 2 rings (SSSR count). The molecule has 0 bridgehead atoms. The van der Waals surface area contributed by atoms with Gasteiger partial charge in [-0.05, 0) is 31.9 Å². The second-order valence-corrected chi connectivity index (χ2v) is 5.32. The molecule has 0 aromatic heterocycles. The molecule has 0 aliphatic carbocycles. The number of ether oxygens (including phenoxy) is 2. The first-order chi connectivity index (χ1) is 8.17. The average Bonchev–Trinajstić information content (AvgIpc) is 2.72. The van der Waals surface area contributed by atoms with Crippen molar-refractivity contribution >= 4 is 21.6 Å². The van der Waals surface area contributed by atoms with Gasteiger partial charge in [-0.1, -0.05) is 15.9 Å². The minimum Gasteiger partial charge on any atom is -0.497 e. The lowest BCUT2D eigenvalue weighted by Crippen LogP contribution is -2.19. The zero-order valence-electron chi connectivity index (χ0n) is 10.2.